The molecule has 0 aromatic heterocycles. The summed E-state index contributed by atoms with van der Waals surface area (Å²) >= 11 is 1.52. The van der Waals surface area contributed by atoms with Crippen LogP contribution in [0.1, 0.15) is 21.5 Å². The highest BCUT2D eigenvalue weighted by Gasteiger charge is 2.21. The predicted molar refractivity (Wildman–Crippen MR) is 85.9 cm³/mol. The number of carbonyl (C=O) groups excluding carboxylic acids is 1. The van der Waals surface area contributed by atoms with Crippen LogP contribution in [0, 0.1) is 10.1 Å². The second kappa shape index (κ2) is 7.61. The summed E-state index contributed by atoms with van der Waals surface area (Å²) in [6.45, 7) is 0. The van der Waals surface area contributed by atoms with Crippen LogP contribution in [0.25, 0.3) is 0 Å². The molecule has 2 rings (SSSR count). The number of benzene rings is 2. The van der Waals surface area contributed by atoms with Crippen LogP contribution >= 0.6 is 11.8 Å². The van der Waals surface area contributed by atoms with E-state index in [4.69, 9.17) is 4.74 Å². The fourth-order valence-corrected chi connectivity index (χ4v) is 3.08. The van der Waals surface area contributed by atoms with Gasteiger partial charge in [-0.25, -0.2) is 4.79 Å². The molecular formula is C16H15NO4S. The van der Waals surface area contributed by atoms with Gasteiger partial charge in [-0.1, -0.05) is 36.4 Å². The molecule has 0 bridgehead atoms. The van der Waals surface area contributed by atoms with E-state index in [2.05, 4.69) is 0 Å². The molecule has 0 N–H and O–H groups in total. The summed E-state index contributed by atoms with van der Waals surface area (Å²) in [6, 6.07) is 14.3. The van der Waals surface area contributed by atoms with Crippen molar-refractivity contribution in [1.29, 1.82) is 0 Å². The van der Waals surface area contributed by atoms with Crippen molar-refractivity contribution in [3.05, 3.63) is 75.3 Å². The molecule has 2 aromatic carbocycles. The molecule has 0 atom stereocenters. The average Bonchev–Trinajstić information content (AvgIpc) is 2.55. The van der Waals surface area contributed by atoms with E-state index < -0.39 is 10.9 Å². The molecule has 114 valence electrons. The number of hydrogen-bond donors (Lipinski definition) is 0. The Morgan fingerprint density at radius 3 is 2.50 bits per heavy atom. The molecular weight excluding hydrogens is 302 g/mol. The zero-order valence-electron chi connectivity index (χ0n) is 12.0. The van der Waals surface area contributed by atoms with Crippen molar-refractivity contribution in [2.75, 3.05) is 7.11 Å². The van der Waals surface area contributed by atoms with Gasteiger partial charge < -0.3 is 4.74 Å². The highest BCUT2D eigenvalue weighted by molar-refractivity contribution is 7.97. The molecule has 0 unspecified atom stereocenters. The molecule has 0 saturated heterocycles. The Labute approximate surface area is 132 Å². The third kappa shape index (κ3) is 3.85. The number of hydrogen-bond acceptors (Lipinski definition) is 5. The van der Waals surface area contributed by atoms with Crippen LogP contribution in [0.4, 0.5) is 5.69 Å². The van der Waals surface area contributed by atoms with E-state index in [1.54, 1.807) is 6.07 Å². The second-order valence-electron chi connectivity index (χ2n) is 4.53. The molecule has 2 aromatic rings. The quantitative estimate of drug-likeness (QED) is 0.460. The van der Waals surface area contributed by atoms with Crippen LogP contribution in [-0.2, 0) is 16.2 Å². The van der Waals surface area contributed by atoms with Crippen molar-refractivity contribution in [2.24, 2.45) is 0 Å². The third-order valence-electron chi connectivity index (χ3n) is 3.11. The molecule has 6 heteroatoms. The van der Waals surface area contributed by atoms with Gasteiger partial charge in [-0.2, -0.15) is 11.8 Å². The maximum Gasteiger partial charge on any atom is 0.338 e. The highest BCUT2D eigenvalue weighted by atomic mass is 32.2. The van der Waals surface area contributed by atoms with Gasteiger partial charge >= 0.3 is 5.97 Å². The summed E-state index contributed by atoms with van der Waals surface area (Å²) in [6.07, 6.45) is 0. The molecule has 5 nitrogen and oxygen atoms in total. The minimum absolute atomic E-state index is 0.0524. The first-order valence-electron chi connectivity index (χ1n) is 6.59. The Balaban J connectivity index is 2.20. The molecule has 0 heterocycles. The Kier molecular flexibility index (Phi) is 5.55. The van der Waals surface area contributed by atoms with Gasteiger partial charge in [0.1, 0.15) is 0 Å². The molecule has 0 saturated carbocycles. The second-order valence-corrected chi connectivity index (χ2v) is 5.52. The standard InChI is InChI=1S/C16H15NO4S/c1-21-16(18)13-8-5-9-15(17(19)20)14(13)11-22-10-12-6-3-2-4-7-12/h2-9H,10-11H2,1H3. The molecule has 0 amide bonds. The lowest BCUT2D eigenvalue weighted by atomic mass is 10.1. The molecule has 0 aliphatic rings. The topological polar surface area (TPSA) is 69.4 Å². The number of nitro benzene ring substituents is 1. The Morgan fingerprint density at radius 1 is 1.14 bits per heavy atom. The first-order chi connectivity index (χ1) is 10.6. The fourth-order valence-electron chi connectivity index (χ4n) is 2.04. The molecule has 0 aliphatic heterocycles. The largest absolute Gasteiger partial charge is 0.465 e. The van der Waals surface area contributed by atoms with Gasteiger partial charge in [0.05, 0.1) is 23.2 Å². The van der Waals surface area contributed by atoms with Gasteiger partial charge in [0, 0.05) is 17.6 Å². The van der Waals surface area contributed by atoms with Crippen molar-refractivity contribution in [1.82, 2.24) is 0 Å². The molecule has 0 spiro atoms. The van der Waals surface area contributed by atoms with Gasteiger partial charge in [-0.05, 0) is 11.6 Å². The maximum absolute atomic E-state index is 11.8. The van der Waals surface area contributed by atoms with Crippen LogP contribution in [0.2, 0.25) is 0 Å². The first kappa shape index (κ1) is 16.0. The number of thioether (sulfide) groups is 1. The van der Waals surface area contributed by atoms with E-state index in [-0.39, 0.29) is 11.3 Å². The minimum atomic E-state index is -0.556. The third-order valence-corrected chi connectivity index (χ3v) is 4.14. The van der Waals surface area contributed by atoms with Crippen LogP contribution in [-0.4, -0.2) is 18.0 Å². The van der Waals surface area contributed by atoms with Gasteiger partial charge in [0.2, 0.25) is 0 Å². The number of rotatable bonds is 6. The minimum Gasteiger partial charge on any atom is -0.465 e. The van der Waals surface area contributed by atoms with E-state index in [1.807, 2.05) is 30.3 Å². The van der Waals surface area contributed by atoms with Crippen molar-refractivity contribution in [3.8, 4) is 0 Å². The smallest absolute Gasteiger partial charge is 0.338 e. The summed E-state index contributed by atoms with van der Waals surface area (Å²) in [5.41, 5.74) is 1.73. The summed E-state index contributed by atoms with van der Waals surface area (Å²) < 4.78 is 4.71. The molecule has 0 aliphatic carbocycles. The lowest BCUT2D eigenvalue weighted by molar-refractivity contribution is -0.385. The lowest BCUT2D eigenvalue weighted by Crippen LogP contribution is -2.07. The van der Waals surface area contributed by atoms with Crippen molar-refractivity contribution >= 4 is 23.4 Å². The Hall–Kier alpha value is -2.34. The van der Waals surface area contributed by atoms with Crippen molar-refractivity contribution in [2.45, 2.75) is 11.5 Å². The number of nitro groups is 1. The van der Waals surface area contributed by atoms with E-state index >= 15 is 0 Å². The zero-order chi connectivity index (χ0) is 15.9. The maximum atomic E-state index is 11.8. The van der Waals surface area contributed by atoms with Gasteiger partial charge in [-0.3, -0.25) is 10.1 Å². The van der Waals surface area contributed by atoms with E-state index in [0.29, 0.717) is 17.1 Å². The molecule has 22 heavy (non-hydrogen) atoms. The van der Waals surface area contributed by atoms with Gasteiger partial charge in [0.25, 0.3) is 5.69 Å². The average molecular weight is 317 g/mol. The number of methoxy groups -OCH3 is 1. The van der Waals surface area contributed by atoms with E-state index in [9.17, 15) is 14.9 Å². The summed E-state index contributed by atoms with van der Waals surface area (Å²) in [5.74, 6) is 0.531. The van der Waals surface area contributed by atoms with Crippen molar-refractivity contribution < 1.29 is 14.5 Å². The lowest BCUT2D eigenvalue weighted by Gasteiger charge is -2.08. The summed E-state index contributed by atoms with van der Waals surface area (Å²) in [5, 5.41) is 11.2. The van der Waals surface area contributed by atoms with Crippen molar-refractivity contribution in [3.63, 3.8) is 0 Å². The summed E-state index contributed by atoms with van der Waals surface area (Å²) in [4.78, 5) is 22.5. The van der Waals surface area contributed by atoms with Crippen LogP contribution < -0.4 is 0 Å². The van der Waals surface area contributed by atoms with Crippen LogP contribution in [0.3, 0.4) is 0 Å². The normalized spacial score (nSPS) is 10.2. The summed E-state index contributed by atoms with van der Waals surface area (Å²) in [7, 11) is 1.27. The monoisotopic (exact) mass is 317 g/mol. The van der Waals surface area contributed by atoms with Gasteiger partial charge in [0.15, 0.2) is 0 Å². The Bertz CT molecular complexity index is 673. The number of nitrogens with zero attached hydrogens (tertiary/aromatic N) is 1. The van der Waals surface area contributed by atoms with Gasteiger partial charge in [-0.15, -0.1) is 0 Å². The molecule has 0 radical (unpaired) electrons. The van der Waals surface area contributed by atoms with Crippen LogP contribution in [0.5, 0.6) is 0 Å². The number of esters is 1. The molecule has 0 fully saturated rings. The first-order valence-corrected chi connectivity index (χ1v) is 7.75. The zero-order valence-corrected chi connectivity index (χ0v) is 12.8. The van der Waals surface area contributed by atoms with Crippen LogP contribution in [0.15, 0.2) is 48.5 Å². The SMILES string of the molecule is COC(=O)c1cccc([N+](=O)[O-])c1CSCc1ccccc1. The number of carbonyl (C=O) groups is 1. The van der Waals surface area contributed by atoms with E-state index in [1.165, 1.54) is 31.0 Å². The number of ether oxygens (including phenoxy) is 1. The highest BCUT2D eigenvalue weighted by Crippen LogP contribution is 2.28. The fraction of sp³-hybridized carbons (Fsp3) is 0.188. The Morgan fingerprint density at radius 2 is 1.86 bits per heavy atom. The van der Waals surface area contributed by atoms with E-state index in [0.717, 1.165) is 5.56 Å². The predicted octanol–water partition coefficient (Wildman–Crippen LogP) is 3.81.